The summed E-state index contributed by atoms with van der Waals surface area (Å²) in [6, 6.07) is 3.54. The normalized spacial score (nSPS) is 10.5. The maximum Gasteiger partial charge on any atom is 0.329 e. The second-order valence-corrected chi connectivity index (χ2v) is 4.18. The van der Waals surface area contributed by atoms with E-state index in [0.29, 0.717) is 11.5 Å². The SMILES string of the molecule is O=C(O)COCc1nc(-c2ccc(Br)cn2)no1. The number of aliphatic carboxylic acids is 1. The molecule has 0 amide bonds. The molecule has 2 rings (SSSR count). The lowest BCUT2D eigenvalue weighted by molar-refractivity contribution is -0.142. The Hall–Kier alpha value is -1.80. The lowest BCUT2D eigenvalue weighted by Crippen LogP contribution is -2.06. The summed E-state index contributed by atoms with van der Waals surface area (Å²) in [7, 11) is 0. The van der Waals surface area contributed by atoms with Crippen LogP contribution in [0.15, 0.2) is 27.3 Å². The smallest absolute Gasteiger partial charge is 0.329 e. The number of carbonyl (C=O) groups is 1. The van der Waals surface area contributed by atoms with Crippen molar-refractivity contribution in [2.24, 2.45) is 0 Å². The van der Waals surface area contributed by atoms with Gasteiger partial charge in [0.1, 0.15) is 18.9 Å². The first-order chi connectivity index (χ1) is 8.65. The van der Waals surface area contributed by atoms with Crippen molar-refractivity contribution in [3.8, 4) is 11.5 Å². The summed E-state index contributed by atoms with van der Waals surface area (Å²) in [4.78, 5) is 18.4. The molecule has 0 bridgehead atoms. The van der Waals surface area contributed by atoms with Gasteiger partial charge in [-0.2, -0.15) is 4.98 Å². The molecule has 2 aromatic rings. The van der Waals surface area contributed by atoms with E-state index < -0.39 is 12.6 Å². The molecule has 1 N–H and O–H groups in total. The summed E-state index contributed by atoms with van der Waals surface area (Å²) in [5.74, 6) is -0.517. The summed E-state index contributed by atoms with van der Waals surface area (Å²) in [6.07, 6.45) is 1.62. The minimum atomic E-state index is -1.05. The third-order valence-corrected chi connectivity index (χ3v) is 2.34. The first-order valence-electron chi connectivity index (χ1n) is 4.89. The predicted molar refractivity (Wildman–Crippen MR) is 62.5 cm³/mol. The van der Waals surface area contributed by atoms with Crippen molar-refractivity contribution in [2.75, 3.05) is 6.61 Å². The largest absolute Gasteiger partial charge is 0.480 e. The second kappa shape index (κ2) is 5.69. The van der Waals surface area contributed by atoms with E-state index in [1.54, 1.807) is 18.3 Å². The van der Waals surface area contributed by atoms with E-state index in [9.17, 15) is 4.79 Å². The molecule has 0 unspecified atom stereocenters. The Morgan fingerprint density at radius 1 is 1.50 bits per heavy atom. The van der Waals surface area contributed by atoms with Crippen LogP contribution in [0.5, 0.6) is 0 Å². The van der Waals surface area contributed by atoms with Gasteiger partial charge in [-0.25, -0.2) is 4.79 Å². The van der Waals surface area contributed by atoms with Gasteiger partial charge in [-0.15, -0.1) is 0 Å². The highest BCUT2D eigenvalue weighted by molar-refractivity contribution is 9.10. The topological polar surface area (TPSA) is 98.3 Å². The van der Waals surface area contributed by atoms with Crippen molar-refractivity contribution in [1.82, 2.24) is 15.1 Å². The molecule has 0 aliphatic carbocycles. The van der Waals surface area contributed by atoms with Crippen molar-refractivity contribution in [3.05, 3.63) is 28.7 Å². The molecule has 94 valence electrons. The fourth-order valence-electron chi connectivity index (χ4n) is 1.15. The monoisotopic (exact) mass is 313 g/mol. The molecule has 0 fully saturated rings. The number of rotatable bonds is 5. The van der Waals surface area contributed by atoms with E-state index in [0.717, 1.165) is 4.47 Å². The van der Waals surface area contributed by atoms with Gasteiger partial charge in [0.2, 0.25) is 5.82 Å². The molecule has 0 saturated heterocycles. The number of nitrogens with zero attached hydrogens (tertiary/aromatic N) is 3. The molecule has 0 aliphatic heterocycles. The Labute approximate surface area is 110 Å². The van der Waals surface area contributed by atoms with Gasteiger partial charge in [-0.3, -0.25) is 4.98 Å². The molecular formula is C10H8BrN3O4. The molecule has 0 aliphatic rings. The minimum absolute atomic E-state index is 0.0458. The predicted octanol–water partition coefficient (Wildman–Crippen LogP) is 1.50. The van der Waals surface area contributed by atoms with E-state index in [4.69, 9.17) is 14.4 Å². The number of carboxylic acid groups (broad SMARTS) is 1. The average molecular weight is 314 g/mol. The summed E-state index contributed by atoms with van der Waals surface area (Å²) in [5.41, 5.74) is 0.562. The van der Waals surface area contributed by atoms with Crippen molar-refractivity contribution < 1.29 is 19.2 Å². The Balaban J connectivity index is 2.01. The molecule has 0 radical (unpaired) electrons. The summed E-state index contributed by atoms with van der Waals surface area (Å²) < 4.78 is 10.6. The van der Waals surface area contributed by atoms with Crippen molar-refractivity contribution in [3.63, 3.8) is 0 Å². The highest BCUT2D eigenvalue weighted by atomic mass is 79.9. The molecule has 2 heterocycles. The number of pyridine rings is 1. The van der Waals surface area contributed by atoms with Gasteiger partial charge in [0.25, 0.3) is 5.89 Å². The molecule has 18 heavy (non-hydrogen) atoms. The van der Waals surface area contributed by atoms with Crippen LogP contribution in [0.3, 0.4) is 0 Å². The van der Waals surface area contributed by atoms with Crippen molar-refractivity contribution in [2.45, 2.75) is 6.61 Å². The van der Waals surface area contributed by atoms with Crippen molar-refractivity contribution in [1.29, 1.82) is 0 Å². The van der Waals surface area contributed by atoms with Crippen LogP contribution in [0.2, 0.25) is 0 Å². The number of hydrogen-bond acceptors (Lipinski definition) is 6. The van der Waals surface area contributed by atoms with Gasteiger partial charge in [0.05, 0.1) is 0 Å². The van der Waals surface area contributed by atoms with Crippen LogP contribution in [-0.2, 0) is 16.1 Å². The van der Waals surface area contributed by atoms with Gasteiger partial charge < -0.3 is 14.4 Å². The Morgan fingerprint density at radius 3 is 3.00 bits per heavy atom. The lowest BCUT2D eigenvalue weighted by atomic mass is 10.3. The number of halogens is 1. The zero-order valence-corrected chi connectivity index (χ0v) is 10.6. The van der Waals surface area contributed by atoms with E-state index in [-0.39, 0.29) is 12.5 Å². The van der Waals surface area contributed by atoms with Crippen LogP contribution < -0.4 is 0 Å². The van der Waals surface area contributed by atoms with Crippen LogP contribution in [0, 0.1) is 0 Å². The standard InChI is InChI=1S/C10H8BrN3O4/c11-6-1-2-7(12-3-6)10-13-8(18-14-10)4-17-5-9(15)16/h1-3H,4-5H2,(H,15,16). The maximum atomic E-state index is 10.2. The second-order valence-electron chi connectivity index (χ2n) is 3.26. The molecule has 8 heteroatoms. The van der Waals surface area contributed by atoms with Crippen LogP contribution in [0.4, 0.5) is 0 Å². The zero-order valence-electron chi connectivity index (χ0n) is 9.04. The molecule has 0 saturated carbocycles. The fraction of sp³-hybridized carbons (Fsp3) is 0.200. The summed E-state index contributed by atoms with van der Waals surface area (Å²) in [6.45, 7) is -0.454. The first kappa shape index (κ1) is 12.7. The van der Waals surface area contributed by atoms with Crippen LogP contribution >= 0.6 is 15.9 Å². The molecule has 0 atom stereocenters. The van der Waals surface area contributed by atoms with E-state index in [1.807, 2.05) is 0 Å². The zero-order chi connectivity index (χ0) is 13.0. The number of ether oxygens (including phenoxy) is 1. The summed E-state index contributed by atoms with van der Waals surface area (Å²) >= 11 is 3.27. The molecule has 0 spiro atoms. The van der Waals surface area contributed by atoms with Crippen molar-refractivity contribution >= 4 is 21.9 Å². The van der Waals surface area contributed by atoms with E-state index in [2.05, 4.69) is 31.1 Å². The molecule has 7 nitrogen and oxygen atoms in total. The first-order valence-corrected chi connectivity index (χ1v) is 5.68. The third kappa shape index (κ3) is 3.34. The van der Waals surface area contributed by atoms with E-state index >= 15 is 0 Å². The highest BCUT2D eigenvalue weighted by Crippen LogP contribution is 2.15. The lowest BCUT2D eigenvalue weighted by Gasteiger charge is -1.94. The van der Waals surface area contributed by atoms with Crippen LogP contribution in [-0.4, -0.2) is 32.8 Å². The number of hydrogen-bond donors (Lipinski definition) is 1. The van der Waals surface area contributed by atoms with Gasteiger partial charge in [0, 0.05) is 10.7 Å². The summed E-state index contributed by atoms with van der Waals surface area (Å²) in [5, 5.41) is 12.1. The Morgan fingerprint density at radius 2 is 2.33 bits per heavy atom. The third-order valence-electron chi connectivity index (χ3n) is 1.88. The minimum Gasteiger partial charge on any atom is -0.480 e. The van der Waals surface area contributed by atoms with E-state index in [1.165, 1.54) is 0 Å². The van der Waals surface area contributed by atoms with Crippen LogP contribution in [0.1, 0.15) is 5.89 Å². The quantitative estimate of drug-likeness (QED) is 0.892. The maximum absolute atomic E-state index is 10.2. The number of aromatic nitrogens is 3. The van der Waals surface area contributed by atoms with Gasteiger partial charge in [0.15, 0.2) is 0 Å². The van der Waals surface area contributed by atoms with Gasteiger partial charge in [-0.1, -0.05) is 5.16 Å². The molecule has 0 aromatic carbocycles. The highest BCUT2D eigenvalue weighted by Gasteiger charge is 2.10. The molecular weight excluding hydrogens is 306 g/mol. The number of carboxylic acids is 1. The van der Waals surface area contributed by atoms with Gasteiger partial charge >= 0.3 is 5.97 Å². The molecule has 2 aromatic heterocycles. The van der Waals surface area contributed by atoms with Gasteiger partial charge in [-0.05, 0) is 28.1 Å². The Kier molecular flexibility index (Phi) is 4.00. The Bertz CT molecular complexity index is 540. The fourth-order valence-corrected chi connectivity index (χ4v) is 1.39. The van der Waals surface area contributed by atoms with Crippen LogP contribution in [0.25, 0.3) is 11.5 Å². The average Bonchev–Trinajstić information content (AvgIpc) is 2.78.